The van der Waals surface area contributed by atoms with E-state index in [1.807, 2.05) is 20.8 Å². The molecule has 0 bridgehead atoms. The molecular weight excluding hydrogens is 364 g/mol. The van der Waals surface area contributed by atoms with Crippen LogP contribution in [0.2, 0.25) is 0 Å². The van der Waals surface area contributed by atoms with Gasteiger partial charge in [0.05, 0.1) is 11.5 Å². The Balaban J connectivity index is 2.29. The molecule has 2 rings (SSSR count). The molecule has 1 aromatic heterocycles. The monoisotopic (exact) mass is 390 g/mol. The fourth-order valence-electron chi connectivity index (χ4n) is 2.68. The van der Waals surface area contributed by atoms with E-state index in [0.717, 1.165) is 0 Å². The Bertz CT molecular complexity index is 834. The summed E-state index contributed by atoms with van der Waals surface area (Å²) >= 11 is 0. The molecule has 0 spiro atoms. The predicted molar refractivity (Wildman–Crippen MR) is 104 cm³/mol. The van der Waals surface area contributed by atoms with Crippen LogP contribution in [-0.2, 0) is 14.6 Å². The second-order valence-electron chi connectivity index (χ2n) is 6.63. The first kappa shape index (κ1) is 20.9. The van der Waals surface area contributed by atoms with Crippen LogP contribution in [0.25, 0.3) is 0 Å². The van der Waals surface area contributed by atoms with Crippen LogP contribution in [0.4, 0.5) is 0 Å². The first-order valence-corrected chi connectivity index (χ1v) is 10.5. The zero-order valence-electron chi connectivity index (χ0n) is 15.9. The molecule has 1 heterocycles. The molecule has 1 aromatic carbocycles. The van der Waals surface area contributed by atoms with Crippen molar-refractivity contribution in [2.75, 3.05) is 13.2 Å². The number of nitrogens with one attached hydrogen (secondary N) is 1. The molecule has 0 aliphatic rings. The van der Waals surface area contributed by atoms with Gasteiger partial charge in [-0.3, -0.25) is 9.78 Å². The van der Waals surface area contributed by atoms with E-state index in [1.165, 1.54) is 18.3 Å². The van der Waals surface area contributed by atoms with Gasteiger partial charge in [0.25, 0.3) is 0 Å². The first-order chi connectivity index (χ1) is 12.8. The van der Waals surface area contributed by atoms with Crippen molar-refractivity contribution in [3.8, 4) is 5.75 Å². The molecule has 0 saturated carbocycles. The van der Waals surface area contributed by atoms with Gasteiger partial charge in [0, 0.05) is 25.4 Å². The minimum absolute atomic E-state index is 0.00715. The third-order valence-electron chi connectivity index (χ3n) is 3.97. The van der Waals surface area contributed by atoms with Gasteiger partial charge in [-0.15, -0.1) is 0 Å². The topological polar surface area (TPSA) is 85.4 Å². The number of ether oxygens (including phenoxy) is 1. The number of carbonyl (C=O) groups excluding carboxylic acids is 1. The van der Waals surface area contributed by atoms with Crippen LogP contribution in [0.1, 0.15) is 38.0 Å². The fraction of sp³-hybridized carbons (Fsp3) is 0.400. The highest BCUT2D eigenvalue weighted by Crippen LogP contribution is 2.29. The van der Waals surface area contributed by atoms with Crippen molar-refractivity contribution in [3.63, 3.8) is 0 Å². The lowest BCUT2D eigenvalue weighted by atomic mass is 10.1. The molecule has 0 fully saturated rings. The molecule has 1 amide bonds. The number of aromatic nitrogens is 1. The highest BCUT2D eigenvalue weighted by Gasteiger charge is 2.30. The zero-order chi connectivity index (χ0) is 19.9. The Kier molecular flexibility index (Phi) is 7.36. The molecule has 1 N–H and O–H groups in total. The van der Waals surface area contributed by atoms with Crippen molar-refractivity contribution < 1.29 is 17.9 Å². The van der Waals surface area contributed by atoms with E-state index in [0.29, 0.717) is 24.3 Å². The predicted octanol–water partition coefficient (Wildman–Crippen LogP) is 3.16. The summed E-state index contributed by atoms with van der Waals surface area (Å²) in [6.07, 6.45) is 3.45. The highest BCUT2D eigenvalue weighted by molar-refractivity contribution is 7.91. The minimum Gasteiger partial charge on any atom is -0.494 e. The van der Waals surface area contributed by atoms with E-state index in [4.69, 9.17) is 4.74 Å². The van der Waals surface area contributed by atoms with Gasteiger partial charge in [-0.25, -0.2) is 8.42 Å². The number of hydrogen-bond acceptors (Lipinski definition) is 5. The van der Waals surface area contributed by atoms with E-state index in [2.05, 4.69) is 10.3 Å². The molecule has 2 aromatic rings. The van der Waals surface area contributed by atoms with Crippen LogP contribution in [0.3, 0.4) is 0 Å². The largest absolute Gasteiger partial charge is 0.494 e. The summed E-state index contributed by atoms with van der Waals surface area (Å²) in [4.78, 5) is 16.2. The Morgan fingerprint density at radius 3 is 2.44 bits per heavy atom. The second-order valence-corrected chi connectivity index (χ2v) is 8.76. The quantitative estimate of drug-likeness (QED) is 0.711. The van der Waals surface area contributed by atoms with Crippen LogP contribution in [0.15, 0.2) is 53.7 Å². The molecule has 6 nitrogen and oxygen atoms in total. The highest BCUT2D eigenvalue weighted by atomic mass is 32.2. The lowest BCUT2D eigenvalue weighted by molar-refractivity contribution is -0.121. The van der Waals surface area contributed by atoms with E-state index >= 15 is 0 Å². The smallest absolute Gasteiger partial charge is 0.220 e. The summed E-state index contributed by atoms with van der Waals surface area (Å²) < 4.78 is 31.8. The van der Waals surface area contributed by atoms with E-state index in [9.17, 15) is 13.2 Å². The number of rotatable bonds is 9. The van der Waals surface area contributed by atoms with Gasteiger partial charge in [0.1, 0.15) is 11.0 Å². The maximum Gasteiger partial charge on any atom is 0.220 e. The van der Waals surface area contributed by atoms with E-state index < -0.39 is 15.1 Å². The van der Waals surface area contributed by atoms with Crippen molar-refractivity contribution in [2.24, 2.45) is 5.92 Å². The molecule has 0 saturated heterocycles. The number of nitrogens with zero attached hydrogens (tertiary/aromatic N) is 1. The Morgan fingerprint density at radius 2 is 1.89 bits per heavy atom. The standard InChI is InChI=1S/C20H26N2O4S/c1-4-26-17-7-9-18(10-8-17)27(24,25)19(16-6-5-11-21-13-16)14-22-20(23)12-15(2)3/h5-11,13,15,19H,4,12,14H2,1-3H3,(H,22,23). The lowest BCUT2D eigenvalue weighted by Crippen LogP contribution is -2.32. The Labute approximate surface area is 160 Å². The van der Waals surface area contributed by atoms with Crippen molar-refractivity contribution in [1.82, 2.24) is 10.3 Å². The second kappa shape index (κ2) is 9.50. The van der Waals surface area contributed by atoms with Crippen molar-refractivity contribution in [2.45, 2.75) is 37.3 Å². The third kappa shape index (κ3) is 5.79. The third-order valence-corrected chi connectivity index (χ3v) is 6.09. The summed E-state index contributed by atoms with van der Waals surface area (Å²) in [5.41, 5.74) is 0.538. The van der Waals surface area contributed by atoms with E-state index in [-0.39, 0.29) is 23.3 Å². The van der Waals surface area contributed by atoms with Crippen molar-refractivity contribution >= 4 is 15.7 Å². The molecule has 27 heavy (non-hydrogen) atoms. The number of carbonyl (C=O) groups is 1. The number of hydrogen-bond donors (Lipinski definition) is 1. The maximum atomic E-state index is 13.2. The van der Waals surface area contributed by atoms with Gasteiger partial charge < -0.3 is 10.1 Å². The molecule has 0 aliphatic carbocycles. The summed E-state index contributed by atoms with van der Waals surface area (Å²) in [5, 5.41) is 1.83. The average molecular weight is 391 g/mol. The summed E-state index contributed by atoms with van der Waals surface area (Å²) in [7, 11) is -3.72. The van der Waals surface area contributed by atoms with Crippen molar-refractivity contribution in [1.29, 1.82) is 0 Å². The maximum absolute atomic E-state index is 13.2. The van der Waals surface area contributed by atoms with Gasteiger partial charge in [-0.2, -0.15) is 0 Å². The van der Waals surface area contributed by atoms with Crippen molar-refractivity contribution in [3.05, 3.63) is 54.4 Å². The SMILES string of the molecule is CCOc1ccc(S(=O)(=O)C(CNC(=O)CC(C)C)c2cccnc2)cc1. The Morgan fingerprint density at radius 1 is 1.19 bits per heavy atom. The van der Waals surface area contributed by atoms with Gasteiger partial charge in [0.15, 0.2) is 9.84 Å². The lowest BCUT2D eigenvalue weighted by Gasteiger charge is -2.19. The fourth-order valence-corrected chi connectivity index (χ4v) is 4.32. The molecule has 146 valence electrons. The van der Waals surface area contributed by atoms with Gasteiger partial charge >= 0.3 is 0 Å². The van der Waals surface area contributed by atoms with Crippen LogP contribution in [-0.4, -0.2) is 32.5 Å². The number of benzene rings is 1. The van der Waals surface area contributed by atoms with Crippen LogP contribution < -0.4 is 10.1 Å². The number of pyridine rings is 1. The molecular formula is C20H26N2O4S. The zero-order valence-corrected chi connectivity index (χ0v) is 16.7. The van der Waals surface area contributed by atoms with Crippen LogP contribution in [0.5, 0.6) is 5.75 Å². The van der Waals surface area contributed by atoms with Crippen LogP contribution >= 0.6 is 0 Å². The first-order valence-electron chi connectivity index (χ1n) is 8.98. The van der Waals surface area contributed by atoms with Crippen LogP contribution in [0, 0.1) is 5.92 Å². The van der Waals surface area contributed by atoms with Gasteiger partial charge in [0.2, 0.25) is 5.91 Å². The minimum atomic E-state index is -3.72. The summed E-state index contributed by atoms with van der Waals surface area (Å²) in [6.45, 7) is 6.24. The molecule has 7 heteroatoms. The number of sulfone groups is 1. The normalized spacial score (nSPS) is 12.6. The van der Waals surface area contributed by atoms with Gasteiger partial charge in [-0.1, -0.05) is 19.9 Å². The molecule has 0 radical (unpaired) electrons. The molecule has 1 unspecified atom stereocenters. The van der Waals surface area contributed by atoms with Gasteiger partial charge in [-0.05, 0) is 48.7 Å². The Hall–Kier alpha value is -2.41. The molecule has 0 aliphatic heterocycles. The van der Waals surface area contributed by atoms with E-state index in [1.54, 1.807) is 30.5 Å². The molecule has 1 atom stereocenters. The average Bonchev–Trinajstić information content (AvgIpc) is 2.63. The summed E-state index contributed by atoms with van der Waals surface area (Å²) in [6, 6.07) is 9.71. The summed E-state index contributed by atoms with van der Waals surface area (Å²) in [5.74, 6) is 0.643. The number of amides is 1.